The van der Waals surface area contributed by atoms with Gasteiger partial charge in [-0.15, -0.1) is 0 Å². The van der Waals surface area contributed by atoms with Gasteiger partial charge in [0.1, 0.15) is 5.82 Å². The lowest BCUT2D eigenvalue weighted by atomic mass is 10.1. The van der Waals surface area contributed by atoms with Crippen LogP contribution in [0.4, 0.5) is 4.39 Å². The normalized spacial score (nSPS) is 16.0. The Hall–Kier alpha value is -1.02. The predicted molar refractivity (Wildman–Crippen MR) is 98.1 cm³/mol. The molecule has 22 heavy (non-hydrogen) atoms. The van der Waals surface area contributed by atoms with E-state index in [0.29, 0.717) is 0 Å². The third-order valence-corrected chi connectivity index (χ3v) is 10.1. The van der Waals surface area contributed by atoms with E-state index >= 15 is 0 Å². The second-order valence-electron chi connectivity index (χ2n) is 6.52. The number of halogens is 1. The van der Waals surface area contributed by atoms with Crippen molar-refractivity contribution in [1.29, 1.82) is 0 Å². The minimum Gasteiger partial charge on any atom is -0.278 e. The number of rotatable bonds is 4. The van der Waals surface area contributed by atoms with Gasteiger partial charge in [0.05, 0.1) is 0 Å². The zero-order valence-corrected chi connectivity index (χ0v) is 15.2. The molecule has 2 atom stereocenters. The molecule has 4 heteroatoms. The highest BCUT2D eigenvalue weighted by Crippen LogP contribution is 2.54. The van der Waals surface area contributed by atoms with Crippen LogP contribution in [-0.2, 0) is 11.8 Å². The summed E-state index contributed by atoms with van der Waals surface area (Å²) in [5.74, 6) is -0.214. The van der Waals surface area contributed by atoms with Crippen LogP contribution in [0.5, 0.6) is 0 Å². The fraction of sp³-hybridized carbons (Fsp3) is 0.333. The van der Waals surface area contributed by atoms with Crippen LogP contribution in [0.1, 0.15) is 39.3 Å². The van der Waals surface area contributed by atoms with E-state index in [1.54, 1.807) is 0 Å². The van der Waals surface area contributed by atoms with E-state index in [4.69, 9.17) is 11.8 Å². The van der Waals surface area contributed by atoms with E-state index in [1.165, 1.54) is 17.4 Å². The molecule has 0 spiro atoms. The molecule has 0 bridgehead atoms. The van der Waals surface area contributed by atoms with E-state index in [-0.39, 0.29) is 17.0 Å². The van der Waals surface area contributed by atoms with Gasteiger partial charge in [-0.05, 0) is 29.9 Å². The molecule has 1 N–H and O–H groups in total. The van der Waals surface area contributed by atoms with E-state index < -0.39 is 6.19 Å². The fourth-order valence-corrected chi connectivity index (χ4v) is 5.83. The van der Waals surface area contributed by atoms with Crippen LogP contribution in [0.3, 0.4) is 0 Å². The summed E-state index contributed by atoms with van der Waals surface area (Å²) < 4.78 is 13.1. The highest BCUT2D eigenvalue weighted by molar-refractivity contribution is 8.18. The molecule has 0 saturated carbocycles. The van der Waals surface area contributed by atoms with Gasteiger partial charge in [0.15, 0.2) is 0 Å². The molecule has 0 saturated heterocycles. The van der Waals surface area contributed by atoms with Crippen LogP contribution in [-0.4, -0.2) is 5.16 Å². The monoisotopic (exact) mass is 335 g/mol. The molecule has 2 aromatic carbocycles. The molecule has 2 aromatic rings. The first-order valence-corrected chi connectivity index (χ1v) is 10.2. The van der Waals surface area contributed by atoms with Crippen molar-refractivity contribution in [2.75, 3.05) is 0 Å². The van der Waals surface area contributed by atoms with E-state index in [1.807, 2.05) is 30.3 Å². The molecule has 118 valence electrons. The van der Waals surface area contributed by atoms with Crippen molar-refractivity contribution in [2.45, 2.75) is 38.9 Å². The standard InChI is InChI=1S/C18H23FNPS/c1-14(15-10-12-16(19)13-11-15)20-21(22,18(2,3)4)17-8-6-5-7-9-17/h5-14H,1-4H3,(H,20,22). The lowest BCUT2D eigenvalue weighted by Gasteiger charge is -2.38. The van der Waals surface area contributed by atoms with Crippen molar-refractivity contribution in [3.63, 3.8) is 0 Å². The molecule has 0 aliphatic heterocycles. The van der Waals surface area contributed by atoms with Gasteiger partial charge < -0.3 is 0 Å². The highest BCUT2D eigenvalue weighted by Gasteiger charge is 2.34. The average Bonchev–Trinajstić information content (AvgIpc) is 2.47. The van der Waals surface area contributed by atoms with Crippen molar-refractivity contribution in [2.24, 2.45) is 0 Å². The maximum absolute atomic E-state index is 13.1. The zero-order valence-electron chi connectivity index (χ0n) is 13.5. The smallest absolute Gasteiger partial charge is 0.123 e. The van der Waals surface area contributed by atoms with Gasteiger partial charge in [-0.1, -0.05) is 75.0 Å². The summed E-state index contributed by atoms with van der Waals surface area (Å²) in [6.45, 7) is 8.64. The first-order chi connectivity index (χ1) is 10.2. The summed E-state index contributed by atoms with van der Waals surface area (Å²) in [5.41, 5.74) is 1.05. The van der Waals surface area contributed by atoms with Crippen LogP contribution in [0.15, 0.2) is 54.6 Å². The molecule has 1 nitrogen and oxygen atoms in total. The Balaban J connectivity index is 2.36. The van der Waals surface area contributed by atoms with Crippen molar-refractivity contribution in [3.05, 3.63) is 66.0 Å². The Bertz CT molecular complexity index is 662. The first kappa shape index (κ1) is 17.3. The van der Waals surface area contributed by atoms with Crippen LogP contribution >= 0.6 is 6.19 Å². The third kappa shape index (κ3) is 3.65. The Morgan fingerprint density at radius 1 is 1.00 bits per heavy atom. The van der Waals surface area contributed by atoms with Crippen LogP contribution in [0.2, 0.25) is 0 Å². The minimum atomic E-state index is -2.00. The summed E-state index contributed by atoms with van der Waals surface area (Å²) in [6, 6.07) is 17.0. The first-order valence-electron chi connectivity index (χ1n) is 7.43. The highest BCUT2D eigenvalue weighted by atomic mass is 32.4. The molecule has 0 radical (unpaired) electrons. The minimum absolute atomic E-state index is 0.0437. The van der Waals surface area contributed by atoms with Gasteiger partial charge >= 0.3 is 0 Å². The summed E-state index contributed by atoms with van der Waals surface area (Å²) in [5, 5.41) is 4.83. The molecular weight excluding hydrogens is 312 g/mol. The number of hydrogen-bond donors (Lipinski definition) is 1. The quantitative estimate of drug-likeness (QED) is 0.790. The number of hydrogen-bond acceptors (Lipinski definition) is 1. The molecule has 0 fully saturated rings. The Morgan fingerprint density at radius 2 is 1.55 bits per heavy atom. The summed E-state index contributed by atoms with van der Waals surface area (Å²) >= 11 is 6.13. The topological polar surface area (TPSA) is 12.0 Å². The largest absolute Gasteiger partial charge is 0.278 e. The number of benzene rings is 2. The molecule has 0 heterocycles. The van der Waals surface area contributed by atoms with Crippen molar-refractivity contribution >= 4 is 23.3 Å². The maximum Gasteiger partial charge on any atom is 0.123 e. The zero-order chi connectivity index (χ0) is 16.4. The van der Waals surface area contributed by atoms with Crippen molar-refractivity contribution < 1.29 is 4.39 Å². The van der Waals surface area contributed by atoms with Crippen LogP contribution < -0.4 is 10.4 Å². The van der Waals surface area contributed by atoms with Crippen molar-refractivity contribution in [1.82, 2.24) is 5.09 Å². The molecule has 0 aliphatic rings. The van der Waals surface area contributed by atoms with Gasteiger partial charge in [-0.3, -0.25) is 5.09 Å². The van der Waals surface area contributed by atoms with Crippen LogP contribution in [0.25, 0.3) is 0 Å². The van der Waals surface area contributed by atoms with Gasteiger partial charge in [0.2, 0.25) is 0 Å². The molecule has 0 amide bonds. The predicted octanol–water partition coefficient (Wildman–Crippen LogP) is 4.99. The van der Waals surface area contributed by atoms with Gasteiger partial charge in [0.25, 0.3) is 0 Å². The second-order valence-corrected chi connectivity index (χ2v) is 11.5. The van der Waals surface area contributed by atoms with Crippen LogP contribution in [0, 0.1) is 5.82 Å². The Kier molecular flexibility index (Phi) is 5.21. The van der Waals surface area contributed by atoms with E-state index in [2.05, 4.69) is 44.9 Å². The average molecular weight is 335 g/mol. The summed E-state index contributed by atoms with van der Waals surface area (Å²) in [7, 11) is 0. The SMILES string of the molecule is CC(NP(=S)(c1ccccc1)C(C)(C)C)c1ccc(F)cc1. The molecule has 2 rings (SSSR count). The lowest BCUT2D eigenvalue weighted by Crippen LogP contribution is -2.33. The second kappa shape index (κ2) is 6.62. The van der Waals surface area contributed by atoms with E-state index in [0.717, 1.165) is 5.56 Å². The lowest BCUT2D eigenvalue weighted by molar-refractivity contribution is 0.624. The Morgan fingerprint density at radius 3 is 2.05 bits per heavy atom. The maximum atomic E-state index is 13.1. The molecule has 0 aromatic heterocycles. The summed E-state index contributed by atoms with van der Waals surface area (Å²) in [6.07, 6.45) is -2.00. The van der Waals surface area contributed by atoms with Crippen molar-refractivity contribution in [3.8, 4) is 0 Å². The van der Waals surface area contributed by atoms with Gasteiger partial charge in [-0.2, -0.15) is 0 Å². The van der Waals surface area contributed by atoms with Gasteiger partial charge in [0, 0.05) is 17.4 Å². The molecule has 2 unspecified atom stereocenters. The third-order valence-electron chi connectivity index (χ3n) is 3.81. The van der Waals surface area contributed by atoms with Gasteiger partial charge in [-0.25, -0.2) is 4.39 Å². The van der Waals surface area contributed by atoms with E-state index in [9.17, 15) is 4.39 Å². The molecular formula is C18H23FNPS. The molecule has 0 aliphatic carbocycles. The fourth-order valence-electron chi connectivity index (χ4n) is 2.39. The number of nitrogens with one attached hydrogen (secondary N) is 1. The summed E-state index contributed by atoms with van der Waals surface area (Å²) in [4.78, 5) is 0. The Labute approximate surface area is 138 Å².